The summed E-state index contributed by atoms with van der Waals surface area (Å²) in [6, 6.07) is 0. The Balaban J connectivity index is 2.22. The van der Waals surface area contributed by atoms with E-state index in [4.69, 9.17) is 4.84 Å². The number of carbonyl (C=O) groups is 1. The second-order valence-corrected chi connectivity index (χ2v) is 5.91. The Labute approximate surface area is 87.3 Å². The average molecular weight is 250 g/mol. The molecule has 0 unspecified atom stereocenters. The van der Waals surface area contributed by atoms with Crippen LogP contribution in [0.3, 0.4) is 0 Å². The van der Waals surface area contributed by atoms with Crippen molar-refractivity contribution in [2.75, 3.05) is 0 Å². The number of hydrogen-bond acceptors (Lipinski definition) is 2. The Morgan fingerprint density at radius 1 is 1.46 bits per heavy atom. The van der Waals surface area contributed by atoms with Crippen LogP contribution >= 0.6 is 15.9 Å². The van der Waals surface area contributed by atoms with E-state index in [2.05, 4.69) is 21.4 Å². The van der Waals surface area contributed by atoms with E-state index < -0.39 is 4.32 Å². The molecule has 0 heterocycles. The van der Waals surface area contributed by atoms with Crippen LogP contribution in [0.25, 0.3) is 0 Å². The third-order valence-corrected chi connectivity index (χ3v) is 2.52. The Morgan fingerprint density at radius 3 is 2.46 bits per heavy atom. The van der Waals surface area contributed by atoms with Crippen LogP contribution in [0.1, 0.15) is 39.5 Å². The molecule has 0 spiro atoms. The minimum Gasteiger partial charge on any atom is -0.271 e. The van der Waals surface area contributed by atoms with Gasteiger partial charge in [-0.1, -0.05) is 28.8 Å². The number of rotatable bonds is 3. The van der Waals surface area contributed by atoms with Gasteiger partial charge in [0.2, 0.25) is 0 Å². The third-order valence-electron chi connectivity index (χ3n) is 2.16. The highest BCUT2D eigenvalue weighted by Gasteiger charge is 2.25. The van der Waals surface area contributed by atoms with Gasteiger partial charge in [-0.3, -0.25) is 9.63 Å². The van der Waals surface area contributed by atoms with Crippen molar-refractivity contribution in [3.8, 4) is 0 Å². The lowest BCUT2D eigenvalue weighted by Crippen LogP contribution is -2.39. The molecule has 1 amide bonds. The van der Waals surface area contributed by atoms with Crippen LogP contribution < -0.4 is 5.48 Å². The molecule has 1 fully saturated rings. The fraction of sp³-hybridized carbons (Fsp3) is 0.889. The van der Waals surface area contributed by atoms with Gasteiger partial charge in [0.1, 0.15) is 4.32 Å². The number of carbonyl (C=O) groups excluding carboxylic acids is 1. The minimum atomic E-state index is -0.550. The molecule has 0 aromatic heterocycles. The summed E-state index contributed by atoms with van der Waals surface area (Å²) >= 11 is 3.26. The van der Waals surface area contributed by atoms with E-state index >= 15 is 0 Å². The summed E-state index contributed by atoms with van der Waals surface area (Å²) in [5, 5.41) is 0. The van der Waals surface area contributed by atoms with E-state index in [-0.39, 0.29) is 12.0 Å². The summed E-state index contributed by atoms with van der Waals surface area (Å²) in [4.78, 5) is 16.6. The predicted molar refractivity (Wildman–Crippen MR) is 54.5 cm³/mol. The highest BCUT2D eigenvalue weighted by molar-refractivity contribution is 9.10. The van der Waals surface area contributed by atoms with Gasteiger partial charge in [-0.05, 0) is 26.7 Å². The highest BCUT2D eigenvalue weighted by atomic mass is 79.9. The first-order chi connectivity index (χ1) is 6.00. The van der Waals surface area contributed by atoms with Gasteiger partial charge in [0, 0.05) is 0 Å². The van der Waals surface area contributed by atoms with Crippen molar-refractivity contribution in [3.63, 3.8) is 0 Å². The predicted octanol–water partition coefficient (Wildman–Crippen LogP) is 2.15. The lowest BCUT2D eigenvalue weighted by molar-refractivity contribution is -0.139. The molecule has 0 aromatic carbocycles. The maximum atomic E-state index is 11.3. The topological polar surface area (TPSA) is 38.3 Å². The number of amides is 1. The maximum Gasteiger partial charge on any atom is 0.259 e. The largest absolute Gasteiger partial charge is 0.271 e. The fourth-order valence-corrected chi connectivity index (χ4v) is 1.35. The Morgan fingerprint density at radius 2 is 2.00 bits per heavy atom. The number of hydroxylamine groups is 1. The number of hydrogen-bond donors (Lipinski definition) is 1. The van der Waals surface area contributed by atoms with Crippen molar-refractivity contribution in [1.82, 2.24) is 5.48 Å². The molecule has 0 atom stereocenters. The quantitative estimate of drug-likeness (QED) is 0.615. The fourth-order valence-electron chi connectivity index (χ4n) is 1.26. The summed E-state index contributed by atoms with van der Waals surface area (Å²) in [6.45, 7) is 3.58. The summed E-state index contributed by atoms with van der Waals surface area (Å²) in [7, 11) is 0. The first kappa shape index (κ1) is 11.0. The monoisotopic (exact) mass is 249 g/mol. The van der Waals surface area contributed by atoms with Gasteiger partial charge in [-0.15, -0.1) is 0 Å². The second kappa shape index (κ2) is 4.42. The maximum absolute atomic E-state index is 11.3. The normalized spacial score (nSPS) is 19.0. The molecule has 13 heavy (non-hydrogen) atoms. The molecule has 1 aliphatic rings. The molecule has 76 valence electrons. The molecule has 1 saturated carbocycles. The van der Waals surface area contributed by atoms with Gasteiger partial charge in [0.25, 0.3) is 5.91 Å². The summed E-state index contributed by atoms with van der Waals surface area (Å²) in [5.74, 6) is -0.126. The molecular formula is C9H16BrNO2. The van der Waals surface area contributed by atoms with Gasteiger partial charge >= 0.3 is 0 Å². The van der Waals surface area contributed by atoms with Gasteiger partial charge < -0.3 is 0 Å². The summed E-state index contributed by atoms with van der Waals surface area (Å²) < 4.78 is -0.550. The number of nitrogens with one attached hydrogen (secondary N) is 1. The molecule has 0 radical (unpaired) electrons. The van der Waals surface area contributed by atoms with Crippen molar-refractivity contribution in [2.45, 2.75) is 50.0 Å². The van der Waals surface area contributed by atoms with Crippen LogP contribution in [-0.2, 0) is 9.63 Å². The molecule has 4 heteroatoms. The number of halogens is 1. The standard InChI is InChI=1S/C9H16BrNO2/c1-9(2,10)8(12)11-13-7-5-3-4-6-7/h7H,3-6H2,1-2H3,(H,11,12). The van der Waals surface area contributed by atoms with Crippen molar-refractivity contribution < 1.29 is 9.63 Å². The van der Waals surface area contributed by atoms with E-state index in [0.717, 1.165) is 12.8 Å². The molecule has 0 bridgehead atoms. The molecule has 0 saturated heterocycles. The van der Waals surface area contributed by atoms with Crippen molar-refractivity contribution in [3.05, 3.63) is 0 Å². The second-order valence-electron chi connectivity index (χ2n) is 3.93. The van der Waals surface area contributed by atoms with Crippen molar-refractivity contribution in [1.29, 1.82) is 0 Å². The first-order valence-corrected chi connectivity index (χ1v) is 5.44. The zero-order chi connectivity index (χ0) is 9.90. The Kier molecular flexibility index (Phi) is 3.74. The van der Waals surface area contributed by atoms with Crippen LogP contribution in [0.2, 0.25) is 0 Å². The zero-order valence-corrected chi connectivity index (χ0v) is 9.69. The molecule has 1 N–H and O–H groups in total. The molecule has 1 rings (SSSR count). The smallest absolute Gasteiger partial charge is 0.259 e. The molecule has 1 aliphatic carbocycles. The minimum absolute atomic E-state index is 0.126. The van der Waals surface area contributed by atoms with Gasteiger partial charge in [-0.2, -0.15) is 0 Å². The Hall–Kier alpha value is -0.0900. The van der Waals surface area contributed by atoms with Crippen molar-refractivity contribution >= 4 is 21.8 Å². The Bertz CT molecular complexity index is 183. The van der Waals surface area contributed by atoms with E-state index in [1.165, 1.54) is 12.8 Å². The van der Waals surface area contributed by atoms with Crippen LogP contribution in [0, 0.1) is 0 Å². The van der Waals surface area contributed by atoms with Gasteiger partial charge in [-0.25, -0.2) is 5.48 Å². The van der Waals surface area contributed by atoms with E-state index in [1.54, 1.807) is 13.8 Å². The highest BCUT2D eigenvalue weighted by Crippen LogP contribution is 2.21. The van der Waals surface area contributed by atoms with Crippen molar-refractivity contribution in [2.24, 2.45) is 0 Å². The van der Waals surface area contributed by atoms with Crippen LogP contribution in [0.4, 0.5) is 0 Å². The number of alkyl halides is 1. The van der Waals surface area contributed by atoms with Crippen LogP contribution in [0.5, 0.6) is 0 Å². The lowest BCUT2D eigenvalue weighted by atomic mass is 10.2. The SMILES string of the molecule is CC(C)(Br)C(=O)NOC1CCCC1. The van der Waals surface area contributed by atoms with E-state index in [9.17, 15) is 4.79 Å². The zero-order valence-electron chi connectivity index (χ0n) is 8.10. The third kappa shape index (κ3) is 3.65. The van der Waals surface area contributed by atoms with E-state index in [1.807, 2.05) is 0 Å². The molecule has 0 aliphatic heterocycles. The first-order valence-electron chi connectivity index (χ1n) is 4.65. The van der Waals surface area contributed by atoms with Crippen LogP contribution in [-0.4, -0.2) is 16.3 Å². The summed E-state index contributed by atoms with van der Waals surface area (Å²) in [6.07, 6.45) is 4.75. The lowest BCUT2D eigenvalue weighted by Gasteiger charge is -2.17. The van der Waals surface area contributed by atoms with Gasteiger partial charge in [0.15, 0.2) is 0 Å². The van der Waals surface area contributed by atoms with Crippen LogP contribution in [0.15, 0.2) is 0 Å². The molecule has 0 aromatic rings. The molecular weight excluding hydrogens is 234 g/mol. The van der Waals surface area contributed by atoms with Gasteiger partial charge in [0.05, 0.1) is 6.10 Å². The summed E-state index contributed by atoms with van der Waals surface area (Å²) in [5.41, 5.74) is 2.48. The van der Waals surface area contributed by atoms with E-state index in [0.29, 0.717) is 0 Å². The average Bonchev–Trinajstić information content (AvgIpc) is 2.50. The molecule has 3 nitrogen and oxygen atoms in total.